The fraction of sp³-hybridized carbons (Fsp3) is 0.318. The molecule has 0 aliphatic heterocycles. The van der Waals surface area contributed by atoms with Gasteiger partial charge in [-0.05, 0) is 44.2 Å². The molecular formula is C22H24F3NO3. The summed E-state index contributed by atoms with van der Waals surface area (Å²) in [6.07, 6.45) is -4.54. The second-order valence-electron chi connectivity index (χ2n) is 6.51. The molecule has 0 unspecified atom stereocenters. The summed E-state index contributed by atoms with van der Waals surface area (Å²) in [6.45, 7) is 7.93. The first-order chi connectivity index (χ1) is 13.7. The van der Waals surface area contributed by atoms with Gasteiger partial charge < -0.3 is 14.4 Å². The molecule has 0 atom stereocenters. The van der Waals surface area contributed by atoms with Gasteiger partial charge in [-0.1, -0.05) is 32.0 Å². The predicted molar refractivity (Wildman–Crippen MR) is 107 cm³/mol. The number of carboxylic acid groups (broad SMARTS) is 1. The number of para-hydroxylation sites is 1. The highest BCUT2D eigenvalue weighted by molar-refractivity contribution is 5.94. The molecule has 4 nitrogen and oxygen atoms in total. The summed E-state index contributed by atoms with van der Waals surface area (Å²) >= 11 is 0. The van der Waals surface area contributed by atoms with Crippen LogP contribution >= 0.6 is 0 Å². The lowest BCUT2D eigenvalue weighted by Crippen LogP contribution is -2.18. The number of carboxylic acids is 1. The molecule has 1 aromatic heterocycles. The van der Waals surface area contributed by atoms with Gasteiger partial charge in [0, 0.05) is 34.6 Å². The Bertz CT molecular complexity index is 991. The molecule has 3 rings (SSSR count). The lowest BCUT2D eigenvalue weighted by molar-refractivity contribution is -0.274. The number of halogens is 3. The van der Waals surface area contributed by atoms with E-state index >= 15 is 0 Å². The quantitative estimate of drug-likeness (QED) is 0.530. The molecule has 156 valence electrons. The number of nitrogens with zero attached hydrogens (tertiary/aromatic N) is 1. The molecule has 7 heteroatoms. The molecule has 0 spiro atoms. The maximum absolute atomic E-state index is 12.7. The first-order valence-corrected chi connectivity index (χ1v) is 9.36. The molecule has 3 aromatic rings. The van der Waals surface area contributed by atoms with E-state index in [2.05, 4.69) is 4.74 Å². The third-order valence-corrected chi connectivity index (χ3v) is 4.25. The van der Waals surface area contributed by atoms with E-state index in [4.69, 9.17) is 0 Å². The number of aromatic nitrogens is 1. The molecule has 0 aliphatic carbocycles. The van der Waals surface area contributed by atoms with Gasteiger partial charge in [-0.2, -0.15) is 0 Å². The van der Waals surface area contributed by atoms with Crippen LogP contribution in [0.5, 0.6) is 5.75 Å². The summed E-state index contributed by atoms with van der Waals surface area (Å²) in [6, 6.07) is 12.7. The maximum atomic E-state index is 12.7. The van der Waals surface area contributed by atoms with Gasteiger partial charge in [-0.25, -0.2) is 4.79 Å². The van der Waals surface area contributed by atoms with Crippen LogP contribution in [0.15, 0.2) is 48.5 Å². The molecule has 2 aromatic carbocycles. The Labute approximate surface area is 167 Å². The number of hydrogen-bond acceptors (Lipinski definition) is 2. The minimum atomic E-state index is -4.77. The Balaban J connectivity index is 0.00000145. The second-order valence-corrected chi connectivity index (χ2v) is 6.51. The number of hydrogen-bond donors (Lipinski definition) is 1. The molecule has 0 saturated heterocycles. The number of carbonyl (C=O) groups is 1. The third kappa shape index (κ3) is 5.31. The van der Waals surface area contributed by atoms with Crippen molar-refractivity contribution in [1.29, 1.82) is 0 Å². The van der Waals surface area contributed by atoms with Crippen molar-refractivity contribution in [3.63, 3.8) is 0 Å². The van der Waals surface area contributed by atoms with Gasteiger partial charge in [0.25, 0.3) is 0 Å². The van der Waals surface area contributed by atoms with Gasteiger partial charge in [0.2, 0.25) is 0 Å². The van der Waals surface area contributed by atoms with E-state index in [1.807, 2.05) is 38.3 Å². The van der Waals surface area contributed by atoms with Gasteiger partial charge in [-0.3, -0.25) is 0 Å². The van der Waals surface area contributed by atoms with Crippen molar-refractivity contribution in [2.75, 3.05) is 0 Å². The molecule has 0 bridgehead atoms. The highest BCUT2D eigenvalue weighted by Crippen LogP contribution is 2.31. The fourth-order valence-corrected chi connectivity index (χ4v) is 3.24. The minimum Gasteiger partial charge on any atom is -0.478 e. The average Bonchev–Trinajstić information content (AvgIpc) is 3.01. The van der Waals surface area contributed by atoms with Crippen molar-refractivity contribution in [2.24, 2.45) is 0 Å². The maximum Gasteiger partial charge on any atom is 0.573 e. The molecule has 0 fully saturated rings. The standard InChI is InChI=1S/C20H18F3NO3.C2H6/c1-12(2)24-16(11-15-9-14(19(25)26)7-8-17(15)24)10-13-5-3-4-6-18(13)27-20(21,22)23;1-2/h3-9,11-12H,10H2,1-2H3,(H,25,26);1-2H3. The summed E-state index contributed by atoms with van der Waals surface area (Å²) in [7, 11) is 0. The van der Waals surface area contributed by atoms with E-state index in [9.17, 15) is 23.1 Å². The molecule has 1 heterocycles. The first-order valence-electron chi connectivity index (χ1n) is 9.36. The van der Waals surface area contributed by atoms with Crippen molar-refractivity contribution >= 4 is 16.9 Å². The van der Waals surface area contributed by atoms with E-state index in [0.29, 0.717) is 5.56 Å². The number of fused-ring (bicyclic) bond motifs is 1. The molecule has 29 heavy (non-hydrogen) atoms. The largest absolute Gasteiger partial charge is 0.573 e. The lowest BCUT2D eigenvalue weighted by Gasteiger charge is -2.17. The van der Waals surface area contributed by atoms with E-state index in [0.717, 1.165) is 16.6 Å². The second kappa shape index (κ2) is 9.03. The number of rotatable bonds is 5. The Morgan fingerprint density at radius 3 is 2.34 bits per heavy atom. The van der Waals surface area contributed by atoms with E-state index in [-0.39, 0.29) is 23.8 Å². The third-order valence-electron chi connectivity index (χ3n) is 4.25. The van der Waals surface area contributed by atoms with Crippen LogP contribution in [0.4, 0.5) is 13.2 Å². The van der Waals surface area contributed by atoms with Gasteiger partial charge in [0.1, 0.15) is 5.75 Å². The lowest BCUT2D eigenvalue weighted by atomic mass is 10.1. The highest BCUT2D eigenvalue weighted by atomic mass is 19.4. The van der Waals surface area contributed by atoms with Crippen molar-refractivity contribution in [3.05, 3.63) is 65.4 Å². The molecule has 0 aliphatic rings. The van der Waals surface area contributed by atoms with Crippen molar-refractivity contribution < 1.29 is 27.8 Å². The van der Waals surface area contributed by atoms with Crippen molar-refractivity contribution in [3.8, 4) is 5.75 Å². The average molecular weight is 407 g/mol. The first kappa shape index (κ1) is 22.3. The van der Waals surface area contributed by atoms with Crippen LogP contribution in [-0.4, -0.2) is 22.0 Å². The zero-order valence-corrected chi connectivity index (χ0v) is 16.7. The fourth-order valence-electron chi connectivity index (χ4n) is 3.24. The smallest absolute Gasteiger partial charge is 0.478 e. The SMILES string of the molecule is CC.CC(C)n1c(Cc2ccccc2OC(F)(F)F)cc2cc(C(=O)O)ccc21. The Morgan fingerprint density at radius 2 is 1.76 bits per heavy atom. The highest BCUT2D eigenvalue weighted by Gasteiger charge is 2.32. The van der Waals surface area contributed by atoms with E-state index in [1.165, 1.54) is 18.2 Å². The summed E-state index contributed by atoms with van der Waals surface area (Å²) in [5, 5.41) is 9.91. The summed E-state index contributed by atoms with van der Waals surface area (Å²) in [5.74, 6) is -1.27. The Kier molecular flexibility index (Phi) is 6.95. The van der Waals surface area contributed by atoms with Gasteiger partial charge >= 0.3 is 12.3 Å². The molecule has 0 saturated carbocycles. The van der Waals surface area contributed by atoms with E-state index < -0.39 is 12.3 Å². The van der Waals surface area contributed by atoms with Crippen LogP contribution in [0.3, 0.4) is 0 Å². The number of alkyl halides is 3. The van der Waals surface area contributed by atoms with E-state index in [1.54, 1.807) is 24.3 Å². The number of aromatic carboxylic acids is 1. The molecule has 1 N–H and O–H groups in total. The zero-order chi connectivity index (χ0) is 21.8. The van der Waals surface area contributed by atoms with Gasteiger partial charge in [-0.15, -0.1) is 13.2 Å². The molecule has 0 amide bonds. The molecular weight excluding hydrogens is 383 g/mol. The Hall–Kier alpha value is -2.96. The van der Waals surface area contributed by atoms with Crippen molar-refractivity contribution in [1.82, 2.24) is 4.57 Å². The zero-order valence-electron chi connectivity index (χ0n) is 16.7. The number of benzene rings is 2. The van der Waals surface area contributed by atoms with Crippen LogP contribution in [0.2, 0.25) is 0 Å². The van der Waals surface area contributed by atoms with Crippen LogP contribution in [0, 0.1) is 0 Å². The summed E-state index contributed by atoms with van der Waals surface area (Å²) < 4.78 is 44.2. The topological polar surface area (TPSA) is 51.5 Å². The Morgan fingerprint density at radius 1 is 1.10 bits per heavy atom. The predicted octanol–water partition coefficient (Wildman–Crippen LogP) is 6.44. The van der Waals surface area contributed by atoms with Gasteiger partial charge in [0.15, 0.2) is 0 Å². The monoisotopic (exact) mass is 407 g/mol. The normalized spacial score (nSPS) is 11.3. The summed E-state index contributed by atoms with van der Waals surface area (Å²) in [4.78, 5) is 11.2. The minimum absolute atomic E-state index is 0.0453. The van der Waals surface area contributed by atoms with Crippen LogP contribution < -0.4 is 4.74 Å². The van der Waals surface area contributed by atoms with Crippen LogP contribution in [0.1, 0.15) is 55.4 Å². The number of ether oxygens (including phenoxy) is 1. The van der Waals surface area contributed by atoms with Crippen molar-refractivity contribution in [2.45, 2.75) is 46.5 Å². The molecule has 0 radical (unpaired) electrons. The van der Waals surface area contributed by atoms with Crippen LogP contribution in [-0.2, 0) is 6.42 Å². The van der Waals surface area contributed by atoms with Gasteiger partial charge in [0.05, 0.1) is 5.56 Å². The van der Waals surface area contributed by atoms with Crippen LogP contribution in [0.25, 0.3) is 10.9 Å². The summed E-state index contributed by atoms with van der Waals surface area (Å²) in [5.41, 5.74) is 2.17.